The number of benzene rings is 1. The van der Waals surface area contributed by atoms with Crippen LogP contribution in [-0.2, 0) is 5.41 Å². The Labute approximate surface area is 120 Å². The van der Waals surface area contributed by atoms with Gasteiger partial charge in [0.15, 0.2) is 0 Å². The van der Waals surface area contributed by atoms with Crippen LogP contribution in [0.25, 0.3) is 0 Å². The van der Waals surface area contributed by atoms with Gasteiger partial charge < -0.3 is 10.6 Å². The molecule has 0 saturated carbocycles. The monoisotopic (exact) mass is 273 g/mol. The number of carbonyl (C=O) groups is 1. The van der Waals surface area contributed by atoms with E-state index in [0.717, 1.165) is 5.56 Å². The topological polar surface area (TPSA) is 58.7 Å². The maximum Gasteiger partial charge on any atom is 0.346 e. The van der Waals surface area contributed by atoms with Gasteiger partial charge in [-0.25, -0.2) is 4.79 Å². The average molecular weight is 273 g/mol. The molecule has 0 aromatic heterocycles. The molecule has 4 nitrogen and oxygen atoms in total. The average Bonchev–Trinajstić information content (AvgIpc) is 2.63. The number of hydrogen-bond donors (Lipinski definition) is 1. The van der Waals surface area contributed by atoms with Gasteiger partial charge in [0.05, 0.1) is 0 Å². The van der Waals surface area contributed by atoms with Crippen molar-refractivity contribution in [3.63, 3.8) is 0 Å². The van der Waals surface area contributed by atoms with E-state index in [4.69, 9.17) is 5.73 Å². The van der Waals surface area contributed by atoms with Crippen molar-refractivity contribution in [2.75, 3.05) is 0 Å². The van der Waals surface area contributed by atoms with Crippen molar-refractivity contribution in [1.82, 2.24) is 4.90 Å². The zero-order chi connectivity index (χ0) is 15.1. The summed E-state index contributed by atoms with van der Waals surface area (Å²) >= 11 is 0. The minimum Gasteiger partial charge on any atom is -0.385 e. The van der Waals surface area contributed by atoms with Crippen LogP contribution in [0, 0.1) is 0 Å². The fourth-order valence-electron chi connectivity index (χ4n) is 2.50. The summed E-state index contributed by atoms with van der Waals surface area (Å²) < 4.78 is 0. The van der Waals surface area contributed by atoms with E-state index in [2.05, 4.69) is 37.9 Å². The molecule has 0 aliphatic carbocycles. The smallest absolute Gasteiger partial charge is 0.346 e. The van der Waals surface area contributed by atoms with Gasteiger partial charge in [0, 0.05) is 6.04 Å². The maximum absolute atomic E-state index is 11.9. The Balaban J connectivity index is 2.35. The number of amides is 2. The highest BCUT2D eigenvalue weighted by molar-refractivity contribution is 6.03. The second-order valence-corrected chi connectivity index (χ2v) is 6.59. The lowest BCUT2D eigenvalue weighted by Gasteiger charge is -2.28. The normalized spacial score (nSPS) is 19.7. The van der Waals surface area contributed by atoms with Gasteiger partial charge in [-0.3, -0.25) is 0 Å². The fourth-order valence-corrected chi connectivity index (χ4v) is 2.50. The molecule has 0 bridgehead atoms. The number of urea groups is 1. The molecule has 1 atom stereocenters. The summed E-state index contributed by atoms with van der Waals surface area (Å²) in [7, 11) is 0. The first-order valence-electron chi connectivity index (χ1n) is 6.98. The molecular weight excluding hydrogens is 250 g/mol. The van der Waals surface area contributed by atoms with Gasteiger partial charge in [-0.2, -0.15) is 4.99 Å². The Morgan fingerprint density at radius 1 is 1.20 bits per heavy atom. The van der Waals surface area contributed by atoms with Crippen LogP contribution < -0.4 is 5.73 Å². The number of amidine groups is 1. The third-order valence-corrected chi connectivity index (χ3v) is 3.65. The molecule has 1 aliphatic heterocycles. The van der Waals surface area contributed by atoms with Crippen LogP contribution in [0.2, 0.25) is 0 Å². The molecule has 0 saturated heterocycles. The van der Waals surface area contributed by atoms with Crippen molar-refractivity contribution in [3.8, 4) is 0 Å². The van der Waals surface area contributed by atoms with Gasteiger partial charge in [-0.05, 0) is 30.4 Å². The lowest BCUT2D eigenvalue weighted by Crippen LogP contribution is -2.38. The molecule has 1 aliphatic rings. The molecule has 0 radical (unpaired) electrons. The number of nitrogens with two attached hydrogens (primary N) is 1. The van der Waals surface area contributed by atoms with Gasteiger partial charge in [-0.1, -0.05) is 45.0 Å². The SMILES string of the molecule is CC(C)N1C(=O)N=C(N)C1c1ccc(C(C)(C)C)cc1. The van der Waals surface area contributed by atoms with Gasteiger partial charge in [0.1, 0.15) is 11.9 Å². The fraction of sp³-hybridized carbons (Fsp3) is 0.500. The standard InChI is InChI=1S/C16H23N3O/c1-10(2)19-13(14(17)18-15(19)20)11-6-8-12(9-7-11)16(3,4)5/h6-10,13H,1-5H3,(H2,17,18,20). The zero-order valence-corrected chi connectivity index (χ0v) is 12.8. The predicted molar refractivity (Wildman–Crippen MR) is 81.9 cm³/mol. The zero-order valence-electron chi connectivity index (χ0n) is 12.8. The third kappa shape index (κ3) is 2.55. The van der Waals surface area contributed by atoms with E-state index in [1.807, 2.05) is 26.0 Å². The van der Waals surface area contributed by atoms with Gasteiger partial charge >= 0.3 is 6.03 Å². The van der Waals surface area contributed by atoms with Crippen LogP contribution in [0.1, 0.15) is 51.8 Å². The maximum atomic E-state index is 11.9. The molecule has 2 amide bonds. The van der Waals surface area contributed by atoms with E-state index in [1.165, 1.54) is 5.56 Å². The number of aliphatic imine (C=N–C) groups is 1. The van der Waals surface area contributed by atoms with Crippen molar-refractivity contribution < 1.29 is 4.79 Å². The molecule has 1 heterocycles. The number of carbonyl (C=O) groups excluding carboxylic acids is 1. The minimum absolute atomic E-state index is 0.0691. The molecule has 20 heavy (non-hydrogen) atoms. The summed E-state index contributed by atoms with van der Waals surface area (Å²) in [5, 5.41) is 0. The van der Waals surface area contributed by atoms with E-state index in [9.17, 15) is 4.79 Å². The van der Waals surface area contributed by atoms with E-state index < -0.39 is 0 Å². The van der Waals surface area contributed by atoms with E-state index >= 15 is 0 Å². The number of rotatable bonds is 2. The quantitative estimate of drug-likeness (QED) is 0.899. The highest BCUT2D eigenvalue weighted by Gasteiger charge is 2.36. The summed E-state index contributed by atoms with van der Waals surface area (Å²) in [5.41, 5.74) is 8.33. The summed E-state index contributed by atoms with van der Waals surface area (Å²) in [4.78, 5) is 17.5. The highest BCUT2D eigenvalue weighted by Crippen LogP contribution is 2.30. The van der Waals surface area contributed by atoms with Crippen molar-refractivity contribution in [2.24, 2.45) is 10.7 Å². The van der Waals surface area contributed by atoms with E-state index in [1.54, 1.807) is 4.90 Å². The lowest BCUT2D eigenvalue weighted by atomic mass is 9.86. The Morgan fingerprint density at radius 3 is 2.20 bits per heavy atom. The first-order chi connectivity index (χ1) is 9.21. The van der Waals surface area contributed by atoms with Crippen molar-refractivity contribution in [1.29, 1.82) is 0 Å². The minimum atomic E-state index is -0.248. The summed E-state index contributed by atoms with van der Waals surface area (Å²) in [5.74, 6) is 0.382. The highest BCUT2D eigenvalue weighted by atomic mass is 16.2. The van der Waals surface area contributed by atoms with Crippen molar-refractivity contribution in [2.45, 2.75) is 52.1 Å². The van der Waals surface area contributed by atoms with E-state index in [-0.39, 0.29) is 23.5 Å². The second kappa shape index (κ2) is 4.93. The molecule has 108 valence electrons. The van der Waals surface area contributed by atoms with Crippen LogP contribution in [0.5, 0.6) is 0 Å². The third-order valence-electron chi connectivity index (χ3n) is 3.65. The van der Waals surface area contributed by atoms with Crippen LogP contribution in [0.3, 0.4) is 0 Å². The van der Waals surface area contributed by atoms with Crippen LogP contribution in [0.15, 0.2) is 29.3 Å². The molecule has 1 aromatic rings. The summed E-state index contributed by atoms with van der Waals surface area (Å²) in [6.45, 7) is 10.5. The van der Waals surface area contributed by atoms with Crippen LogP contribution in [-0.4, -0.2) is 22.8 Å². The largest absolute Gasteiger partial charge is 0.385 e. The Hall–Kier alpha value is -1.84. The molecule has 2 rings (SSSR count). The number of hydrogen-bond acceptors (Lipinski definition) is 2. The molecule has 2 N–H and O–H groups in total. The second-order valence-electron chi connectivity index (χ2n) is 6.59. The number of nitrogens with zero attached hydrogens (tertiary/aromatic N) is 2. The Bertz CT molecular complexity index is 538. The van der Waals surface area contributed by atoms with Crippen molar-refractivity contribution in [3.05, 3.63) is 35.4 Å². The van der Waals surface area contributed by atoms with E-state index in [0.29, 0.717) is 5.84 Å². The summed E-state index contributed by atoms with van der Waals surface area (Å²) in [6.07, 6.45) is 0. The molecule has 0 fully saturated rings. The first kappa shape index (κ1) is 14.6. The molecule has 4 heteroatoms. The molecule has 1 unspecified atom stereocenters. The lowest BCUT2D eigenvalue weighted by molar-refractivity contribution is 0.190. The van der Waals surface area contributed by atoms with Crippen LogP contribution in [0.4, 0.5) is 4.79 Å². The van der Waals surface area contributed by atoms with Crippen molar-refractivity contribution >= 4 is 11.9 Å². The predicted octanol–water partition coefficient (Wildman–Crippen LogP) is 3.23. The molecule has 1 aromatic carbocycles. The van der Waals surface area contributed by atoms with Gasteiger partial charge in [0.2, 0.25) is 0 Å². The Kier molecular flexibility index (Phi) is 3.59. The van der Waals surface area contributed by atoms with Gasteiger partial charge in [-0.15, -0.1) is 0 Å². The molecular formula is C16H23N3O. The summed E-state index contributed by atoms with van der Waals surface area (Å²) in [6, 6.07) is 7.87. The van der Waals surface area contributed by atoms with Gasteiger partial charge in [0.25, 0.3) is 0 Å². The Morgan fingerprint density at radius 2 is 1.75 bits per heavy atom. The van der Waals surface area contributed by atoms with Crippen LogP contribution >= 0.6 is 0 Å². The first-order valence-corrected chi connectivity index (χ1v) is 6.98. The molecule has 0 spiro atoms.